The van der Waals surface area contributed by atoms with Crippen molar-refractivity contribution in [3.05, 3.63) is 58.9 Å². The monoisotopic (exact) mass is 385 g/mol. The third-order valence-electron chi connectivity index (χ3n) is 5.49. The summed E-state index contributed by atoms with van der Waals surface area (Å²) in [5.41, 5.74) is 1.66. The molecule has 3 heterocycles. The van der Waals surface area contributed by atoms with Crippen LogP contribution in [0.2, 0.25) is 5.15 Å². The van der Waals surface area contributed by atoms with E-state index in [9.17, 15) is 14.7 Å². The smallest absolute Gasteiger partial charge is 0.323 e. The van der Waals surface area contributed by atoms with E-state index in [1.165, 1.54) is 10.5 Å². The first kappa shape index (κ1) is 17.9. The third kappa shape index (κ3) is 3.19. The molecule has 4 rings (SSSR count). The standard InChI is InChI=1S/C20H20ClN3O3/c21-16-7-6-15-18(22-16)20(19(27)24(15)13-17(25)26)8-10-23(11-9-20)12-14-4-2-1-3-5-14/h1-7H,8-13H2,(H,25,26). The highest BCUT2D eigenvalue weighted by atomic mass is 35.5. The summed E-state index contributed by atoms with van der Waals surface area (Å²) in [5, 5.41) is 9.54. The van der Waals surface area contributed by atoms with Crippen molar-refractivity contribution in [3.8, 4) is 0 Å². The summed E-state index contributed by atoms with van der Waals surface area (Å²) < 4.78 is 0. The molecule has 0 aliphatic carbocycles. The van der Waals surface area contributed by atoms with Gasteiger partial charge in [-0.2, -0.15) is 0 Å². The Labute approximate surface area is 162 Å². The summed E-state index contributed by atoms with van der Waals surface area (Å²) in [6.07, 6.45) is 1.21. The van der Waals surface area contributed by atoms with Gasteiger partial charge in [0.1, 0.15) is 11.7 Å². The van der Waals surface area contributed by atoms with Gasteiger partial charge in [-0.1, -0.05) is 41.9 Å². The van der Waals surface area contributed by atoms with Gasteiger partial charge in [0.15, 0.2) is 0 Å². The lowest BCUT2D eigenvalue weighted by molar-refractivity contribution is -0.137. The maximum atomic E-state index is 13.2. The van der Waals surface area contributed by atoms with Crippen LogP contribution < -0.4 is 4.90 Å². The van der Waals surface area contributed by atoms with Gasteiger partial charge in [0.25, 0.3) is 0 Å². The van der Waals surface area contributed by atoms with Gasteiger partial charge in [0.05, 0.1) is 16.8 Å². The Morgan fingerprint density at radius 2 is 1.85 bits per heavy atom. The average molecular weight is 386 g/mol. The van der Waals surface area contributed by atoms with E-state index in [-0.39, 0.29) is 12.5 Å². The molecule has 0 unspecified atom stereocenters. The van der Waals surface area contributed by atoms with Crippen LogP contribution in [0.1, 0.15) is 24.1 Å². The van der Waals surface area contributed by atoms with E-state index >= 15 is 0 Å². The first-order chi connectivity index (χ1) is 13.0. The zero-order valence-electron chi connectivity index (χ0n) is 14.8. The van der Waals surface area contributed by atoms with Crippen LogP contribution in [0.15, 0.2) is 42.5 Å². The van der Waals surface area contributed by atoms with E-state index in [0.717, 1.165) is 19.6 Å². The van der Waals surface area contributed by atoms with Crippen LogP contribution in [-0.4, -0.2) is 46.5 Å². The number of aliphatic carboxylic acids is 1. The molecule has 2 aliphatic rings. The number of benzene rings is 1. The summed E-state index contributed by atoms with van der Waals surface area (Å²) in [6, 6.07) is 13.5. The van der Waals surface area contributed by atoms with Crippen molar-refractivity contribution < 1.29 is 14.7 Å². The molecule has 1 spiro atoms. The number of carbonyl (C=O) groups is 2. The fourth-order valence-electron chi connectivity index (χ4n) is 4.14. The number of amides is 1. The third-order valence-corrected chi connectivity index (χ3v) is 5.70. The highest BCUT2D eigenvalue weighted by molar-refractivity contribution is 6.29. The minimum absolute atomic E-state index is 0.172. The number of carboxylic acids is 1. The number of aromatic nitrogens is 1. The van der Waals surface area contributed by atoms with Gasteiger partial charge < -0.3 is 5.11 Å². The molecule has 27 heavy (non-hydrogen) atoms. The minimum atomic E-state index is -1.04. The van der Waals surface area contributed by atoms with Crippen LogP contribution in [-0.2, 0) is 21.5 Å². The van der Waals surface area contributed by atoms with Crippen LogP contribution in [0, 0.1) is 0 Å². The number of likely N-dealkylation sites (tertiary alicyclic amines) is 1. The largest absolute Gasteiger partial charge is 0.480 e. The van der Waals surface area contributed by atoms with Crippen molar-refractivity contribution >= 4 is 29.2 Å². The Morgan fingerprint density at radius 3 is 2.52 bits per heavy atom. The van der Waals surface area contributed by atoms with Gasteiger partial charge in [0.2, 0.25) is 5.91 Å². The SMILES string of the molecule is O=C(O)CN1C(=O)C2(CCN(Cc3ccccc3)CC2)c2nc(Cl)ccc21. The fraction of sp³-hybridized carbons (Fsp3) is 0.350. The van der Waals surface area contributed by atoms with Crippen LogP contribution in [0.4, 0.5) is 5.69 Å². The van der Waals surface area contributed by atoms with E-state index in [4.69, 9.17) is 11.6 Å². The van der Waals surface area contributed by atoms with Gasteiger partial charge >= 0.3 is 5.97 Å². The average Bonchev–Trinajstić information content (AvgIpc) is 2.86. The maximum Gasteiger partial charge on any atom is 0.323 e. The molecule has 7 heteroatoms. The quantitative estimate of drug-likeness (QED) is 0.819. The van der Waals surface area contributed by atoms with E-state index < -0.39 is 11.4 Å². The van der Waals surface area contributed by atoms with Crippen molar-refractivity contribution in [2.24, 2.45) is 0 Å². The summed E-state index contributed by atoms with van der Waals surface area (Å²) >= 11 is 6.10. The van der Waals surface area contributed by atoms with Gasteiger partial charge in [-0.15, -0.1) is 0 Å². The van der Waals surface area contributed by atoms with Crippen LogP contribution in [0.5, 0.6) is 0 Å². The van der Waals surface area contributed by atoms with Gasteiger partial charge in [-0.05, 0) is 43.6 Å². The number of rotatable bonds is 4. The topological polar surface area (TPSA) is 73.7 Å². The molecule has 2 aliphatic heterocycles. The molecule has 1 aromatic heterocycles. The molecule has 6 nitrogen and oxygen atoms in total. The zero-order valence-corrected chi connectivity index (χ0v) is 15.5. The van der Waals surface area contributed by atoms with E-state index in [1.807, 2.05) is 18.2 Å². The van der Waals surface area contributed by atoms with Gasteiger partial charge in [-0.3, -0.25) is 19.4 Å². The second-order valence-corrected chi connectivity index (χ2v) is 7.52. The predicted molar refractivity (Wildman–Crippen MR) is 102 cm³/mol. The second-order valence-electron chi connectivity index (χ2n) is 7.13. The van der Waals surface area contributed by atoms with Crippen molar-refractivity contribution in [1.82, 2.24) is 9.88 Å². The maximum absolute atomic E-state index is 13.2. The molecule has 1 amide bonds. The fourth-order valence-corrected chi connectivity index (χ4v) is 4.29. The number of piperidine rings is 1. The van der Waals surface area contributed by atoms with Gasteiger partial charge in [0, 0.05) is 6.54 Å². The van der Waals surface area contributed by atoms with Crippen molar-refractivity contribution in [2.75, 3.05) is 24.5 Å². The molecule has 1 saturated heterocycles. The zero-order chi connectivity index (χ0) is 19.0. The Kier molecular flexibility index (Phi) is 4.61. The Bertz CT molecular complexity index is 879. The lowest BCUT2D eigenvalue weighted by Crippen LogP contribution is -2.49. The van der Waals surface area contributed by atoms with Crippen molar-refractivity contribution in [3.63, 3.8) is 0 Å². The molecule has 1 fully saturated rings. The van der Waals surface area contributed by atoms with Crippen LogP contribution >= 0.6 is 11.6 Å². The number of hydrogen-bond donors (Lipinski definition) is 1. The molecule has 2 aromatic rings. The number of hydrogen-bond acceptors (Lipinski definition) is 4. The molecular formula is C20H20ClN3O3. The first-order valence-corrected chi connectivity index (χ1v) is 9.34. The van der Waals surface area contributed by atoms with Crippen molar-refractivity contribution in [2.45, 2.75) is 24.8 Å². The second kappa shape index (κ2) is 6.94. The molecule has 0 atom stereocenters. The normalized spacial score (nSPS) is 18.7. The lowest BCUT2D eigenvalue weighted by Gasteiger charge is -2.37. The molecule has 1 N–H and O–H groups in total. The van der Waals surface area contributed by atoms with Crippen LogP contribution in [0.3, 0.4) is 0 Å². The van der Waals surface area contributed by atoms with Gasteiger partial charge in [-0.25, -0.2) is 4.98 Å². The van der Waals surface area contributed by atoms with E-state index in [0.29, 0.717) is 29.4 Å². The highest BCUT2D eigenvalue weighted by Gasteiger charge is 2.53. The van der Waals surface area contributed by atoms with Crippen LogP contribution in [0.25, 0.3) is 0 Å². The summed E-state index contributed by atoms with van der Waals surface area (Å²) in [7, 11) is 0. The number of fused-ring (bicyclic) bond motifs is 2. The van der Waals surface area contributed by atoms with E-state index in [2.05, 4.69) is 22.0 Å². The number of carbonyl (C=O) groups excluding carboxylic acids is 1. The highest BCUT2D eigenvalue weighted by Crippen LogP contribution is 2.47. The number of carboxylic acid groups (broad SMARTS) is 1. The molecule has 0 saturated carbocycles. The Morgan fingerprint density at radius 1 is 1.15 bits per heavy atom. The number of nitrogens with zero attached hydrogens (tertiary/aromatic N) is 3. The predicted octanol–water partition coefficient (Wildman–Crippen LogP) is 2.70. The Balaban J connectivity index is 1.59. The molecule has 0 bridgehead atoms. The minimum Gasteiger partial charge on any atom is -0.480 e. The van der Waals surface area contributed by atoms with E-state index in [1.54, 1.807) is 12.1 Å². The Hall–Kier alpha value is -2.44. The molecule has 1 aromatic carbocycles. The number of pyridine rings is 1. The first-order valence-electron chi connectivity index (χ1n) is 8.97. The summed E-state index contributed by atoms with van der Waals surface area (Å²) in [6.45, 7) is 1.97. The van der Waals surface area contributed by atoms with Crippen molar-refractivity contribution in [1.29, 1.82) is 0 Å². The lowest BCUT2D eigenvalue weighted by atomic mass is 9.76. The summed E-state index contributed by atoms with van der Waals surface area (Å²) in [4.78, 5) is 32.6. The number of halogens is 1. The summed E-state index contributed by atoms with van der Waals surface area (Å²) in [5.74, 6) is -1.21. The molecule has 140 valence electrons. The molecule has 0 radical (unpaired) electrons. The molecular weight excluding hydrogens is 366 g/mol. The number of anilines is 1.